The van der Waals surface area contributed by atoms with E-state index in [1.54, 1.807) is 0 Å². The highest BCUT2D eigenvalue weighted by Crippen LogP contribution is 2.27. The highest BCUT2D eigenvalue weighted by Gasteiger charge is 2.30. The van der Waals surface area contributed by atoms with Crippen molar-refractivity contribution in [3.05, 3.63) is 0 Å². The fourth-order valence-corrected chi connectivity index (χ4v) is 2.21. The van der Waals surface area contributed by atoms with Crippen molar-refractivity contribution < 1.29 is 0 Å². The minimum Gasteiger partial charge on any atom is -0.309 e. The number of rotatable bonds is 5. The number of hydrogen-bond acceptors (Lipinski definition) is 3. The molecule has 15 heavy (non-hydrogen) atoms. The van der Waals surface area contributed by atoms with Gasteiger partial charge in [0.15, 0.2) is 0 Å². The molecule has 86 valence electrons. The molecule has 0 amide bonds. The summed E-state index contributed by atoms with van der Waals surface area (Å²) in [6, 6.07) is 2.48. The van der Waals surface area contributed by atoms with Crippen LogP contribution in [0.1, 0.15) is 38.5 Å². The number of hydrogen-bond donors (Lipinski definition) is 1. The smallest absolute Gasteiger partial charge is 0.106 e. The van der Waals surface area contributed by atoms with Crippen LogP contribution >= 0.6 is 0 Å². The first-order chi connectivity index (χ1) is 7.18. The molecule has 0 aromatic heterocycles. The largest absolute Gasteiger partial charge is 0.309 e. The van der Waals surface area contributed by atoms with Gasteiger partial charge in [-0.05, 0) is 46.4 Å². The van der Waals surface area contributed by atoms with Crippen molar-refractivity contribution in [2.24, 2.45) is 0 Å². The Kier molecular flexibility index (Phi) is 5.07. The Hall–Kier alpha value is -0.590. The van der Waals surface area contributed by atoms with Gasteiger partial charge in [-0.15, -0.1) is 0 Å². The Morgan fingerprint density at radius 1 is 1.27 bits per heavy atom. The molecule has 1 saturated carbocycles. The normalized spacial score (nSPS) is 20.1. The van der Waals surface area contributed by atoms with E-state index in [1.807, 2.05) is 0 Å². The molecule has 0 saturated heterocycles. The predicted octanol–water partition coefficient (Wildman–Crippen LogP) is 1.75. The molecule has 0 aromatic rings. The third-order valence-corrected chi connectivity index (χ3v) is 3.17. The second-order valence-corrected chi connectivity index (χ2v) is 4.84. The van der Waals surface area contributed by atoms with Crippen LogP contribution in [0.4, 0.5) is 0 Å². The van der Waals surface area contributed by atoms with Crippen LogP contribution in [0.3, 0.4) is 0 Å². The van der Waals surface area contributed by atoms with Crippen LogP contribution in [0.15, 0.2) is 0 Å². The van der Waals surface area contributed by atoms with E-state index in [2.05, 4.69) is 30.4 Å². The van der Waals surface area contributed by atoms with Gasteiger partial charge in [-0.1, -0.05) is 19.3 Å². The molecule has 0 bridgehead atoms. The van der Waals surface area contributed by atoms with Gasteiger partial charge in [0.05, 0.1) is 6.07 Å². The molecule has 3 nitrogen and oxygen atoms in total. The third kappa shape index (κ3) is 4.19. The predicted molar refractivity (Wildman–Crippen MR) is 62.6 cm³/mol. The number of nitrogens with one attached hydrogen (secondary N) is 1. The first kappa shape index (κ1) is 12.5. The monoisotopic (exact) mass is 209 g/mol. The van der Waals surface area contributed by atoms with Crippen LogP contribution in [0, 0.1) is 11.3 Å². The van der Waals surface area contributed by atoms with Gasteiger partial charge < -0.3 is 4.90 Å². The Labute approximate surface area is 93.5 Å². The summed E-state index contributed by atoms with van der Waals surface area (Å²) in [7, 11) is 4.17. The van der Waals surface area contributed by atoms with Gasteiger partial charge in [0.25, 0.3) is 0 Å². The fourth-order valence-electron chi connectivity index (χ4n) is 2.21. The van der Waals surface area contributed by atoms with Crippen LogP contribution < -0.4 is 5.32 Å². The summed E-state index contributed by atoms with van der Waals surface area (Å²) in [4.78, 5) is 2.18. The topological polar surface area (TPSA) is 39.1 Å². The maximum absolute atomic E-state index is 9.23. The van der Waals surface area contributed by atoms with Gasteiger partial charge in [0.2, 0.25) is 0 Å². The van der Waals surface area contributed by atoms with Crippen molar-refractivity contribution in [1.29, 1.82) is 5.26 Å². The molecular weight excluding hydrogens is 186 g/mol. The Bertz CT molecular complexity index is 211. The first-order valence-electron chi connectivity index (χ1n) is 5.99. The highest BCUT2D eigenvalue weighted by atomic mass is 15.1. The molecule has 1 aliphatic carbocycles. The number of nitrogens with zero attached hydrogens (tertiary/aromatic N) is 2. The zero-order valence-corrected chi connectivity index (χ0v) is 10.1. The van der Waals surface area contributed by atoms with Gasteiger partial charge in [-0.25, -0.2) is 0 Å². The quantitative estimate of drug-likeness (QED) is 0.701. The Morgan fingerprint density at radius 3 is 2.47 bits per heavy atom. The molecule has 1 fully saturated rings. The second-order valence-electron chi connectivity index (χ2n) is 4.84. The summed E-state index contributed by atoms with van der Waals surface area (Å²) in [5.74, 6) is 0. The summed E-state index contributed by atoms with van der Waals surface area (Å²) in [5.41, 5.74) is -0.204. The van der Waals surface area contributed by atoms with E-state index in [-0.39, 0.29) is 5.54 Å². The second kappa shape index (κ2) is 6.09. The average Bonchev–Trinajstić information content (AvgIpc) is 2.26. The van der Waals surface area contributed by atoms with E-state index in [4.69, 9.17) is 0 Å². The van der Waals surface area contributed by atoms with Gasteiger partial charge in [0, 0.05) is 0 Å². The SMILES string of the molecule is CN(C)CCCNC1(C#N)CCCCC1. The van der Waals surface area contributed by atoms with Gasteiger partial charge >= 0.3 is 0 Å². The fraction of sp³-hybridized carbons (Fsp3) is 0.917. The van der Waals surface area contributed by atoms with Crippen molar-refractivity contribution in [3.63, 3.8) is 0 Å². The van der Waals surface area contributed by atoms with Crippen molar-refractivity contribution in [2.45, 2.75) is 44.1 Å². The molecular formula is C12H23N3. The lowest BCUT2D eigenvalue weighted by Gasteiger charge is -2.31. The first-order valence-corrected chi connectivity index (χ1v) is 5.99. The van der Waals surface area contributed by atoms with Crippen molar-refractivity contribution in [1.82, 2.24) is 10.2 Å². The lowest BCUT2D eigenvalue weighted by atomic mass is 9.83. The van der Waals surface area contributed by atoms with E-state index in [9.17, 15) is 5.26 Å². The molecule has 0 atom stereocenters. The number of nitriles is 1. The van der Waals surface area contributed by atoms with E-state index >= 15 is 0 Å². The molecule has 0 spiro atoms. The summed E-state index contributed by atoms with van der Waals surface area (Å²) in [6.07, 6.45) is 6.89. The Morgan fingerprint density at radius 2 is 1.93 bits per heavy atom. The molecule has 0 radical (unpaired) electrons. The molecule has 0 unspecified atom stereocenters. The molecule has 3 heteroatoms. The van der Waals surface area contributed by atoms with Crippen LogP contribution in [-0.2, 0) is 0 Å². The van der Waals surface area contributed by atoms with Gasteiger partial charge in [-0.2, -0.15) is 5.26 Å². The van der Waals surface area contributed by atoms with Crippen molar-refractivity contribution in [3.8, 4) is 6.07 Å². The summed E-state index contributed by atoms with van der Waals surface area (Å²) in [6.45, 7) is 2.06. The minimum absolute atomic E-state index is 0.204. The van der Waals surface area contributed by atoms with E-state index < -0.39 is 0 Å². The molecule has 1 aliphatic rings. The molecule has 0 heterocycles. The highest BCUT2D eigenvalue weighted by molar-refractivity contribution is 5.08. The minimum atomic E-state index is -0.204. The zero-order chi connectivity index (χ0) is 11.1. The lowest BCUT2D eigenvalue weighted by Crippen LogP contribution is -2.46. The standard InChI is InChI=1S/C12H23N3/c1-15(2)10-6-9-14-12(11-13)7-4-3-5-8-12/h14H,3-10H2,1-2H3. The molecule has 1 N–H and O–H groups in total. The molecule has 0 aromatic carbocycles. The van der Waals surface area contributed by atoms with E-state index in [0.29, 0.717) is 0 Å². The van der Waals surface area contributed by atoms with E-state index in [1.165, 1.54) is 19.3 Å². The molecule has 0 aliphatic heterocycles. The van der Waals surface area contributed by atoms with Crippen molar-refractivity contribution >= 4 is 0 Å². The summed E-state index contributed by atoms with van der Waals surface area (Å²) >= 11 is 0. The maximum atomic E-state index is 9.23. The van der Waals surface area contributed by atoms with Crippen LogP contribution in [-0.4, -0.2) is 37.6 Å². The van der Waals surface area contributed by atoms with Crippen LogP contribution in [0.25, 0.3) is 0 Å². The van der Waals surface area contributed by atoms with Gasteiger partial charge in [0.1, 0.15) is 5.54 Å². The molecule has 1 rings (SSSR count). The third-order valence-electron chi connectivity index (χ3n) is 3.17. The Balaban J connectivity index is 2.24. The van der Waals surface area contributed by atoms with Crippen LogP contribution in [0.2, 0.25) is 0 Å². The summed E-state index contributed by atoms with van der Waals surface area (Å²) < 4.78 is 0. The summed E-state index contributed by atoms with van der Waals surface area (Å²) in [5, 5.41) is 12.7. The zero-order valence-electron chi connectivity index (χ0n) is 10.1. The lowest BCUT2D eigenvalue weighted by molar-refractivity contribution is 0.289. The van der Waals surface area contributed by atoms with Crippen molar-refractivity contribution in [2.75, 3.05) is 27.2 Å². The van der Waals surface area contributed by atoms with Crippen LogP contribution in [0.5, 0.6) is 0 Å². The average molecular weight is 209 g/mol. The van der Waals surface area contributed by atoms with E-state index in [0.717, 1.165) is 32.4 Å². The van der Waals surface area contributed by atoms with Gasteiger partial charge in [-0.3, -0.25) is 5.32 Å². The maximum Gasteiger partial charge on any atom is 0.106 e.